The Labute approximate surface area is 87.7 Å². The van der Waals surface area contributed by atoms with Gasteiger partial charge >= 0.3 is 6.03 Å². The van der Waals surface area contributed by atoms with Gasteiger partial charge in [0.1, 0.15) is 0 Å². The third kappa shape index (κ3) is 1.59. The Morgan fingerprint density at radius 1 is 1.53 bits per heavy atom. The molecule has 3 N–H and O–H groups in total. The number of nitrogens with one attached hydrogen (secondary N) is 1. The molecule has 6 nitrogen and oxygen atoms in total. The summed E-state index contributed by atoms with van der Waals surface area (Å²) in [5.74, 6) is -0.225. The average Bonchev–Trinajstić information content (AvgIpc) is 2.25. The molecular weight excluding hydrogens is 198 g/mol. The largest absolute Gasteiger partial charge is 0.375 e. The first-order chi connectivity index (χ1) is 6.84. The first-order valence-electron chi connectivity index (χ1n) is 4.85. The lowest BCUT2D eigenvalue weighted by Crippen LogP contribution is -2.62. The second-order valence-electron chi connectivity index (χ2n) is 4.88. The minimum Gasteiger partial charge on any atom is -0.375 e. The Hall–Kier alpha value is -1.14. The van der Waals surface area contributed by atoms with Crippen LogP contribution in [0.4, 0.5) is 4.79 Å². The number of amides is 3. The van der Waals surface area contributed by atoms with Crippen LogP contribution in [-0.2, 0) is 9.53 Å². The summed E-state index contributed by atoms with van der Waals surface area (Å²) in [5, 5.41) is 2.65. The molecule has 1 spiro atoms. The summed E-state index contributed by atoms with van der Waals surface area (Å²) >= 11 is 0. The Morgan fingerprint density at radius 3 is 2.47 bits per heavy atom. The van der Waals surface area contributed by atoms with E-state index < -0.39 is 11.1 Å². The van der Waals surface area contributed by atoms with Gasteiger partial charge in [0.15, 0.2) is 5.54 Å². The van der Waals surface area contributed by atoms with Gasteiger partial charge in [-0.05, 0) is 13.8 Å². The maximum absolute atomic E-state index is 11.9. The number of ether oxygens (including phenoxy) is 1. The standard InChI is InChI=1S/C9H15N3O3/c1-8(2,10)3-12-6(13)9(4-15-5-9)11-7(12)14/h3-5,10H2,1-2H3,(H,11,14). The van der Waals surface area contributed by atoms with E-state index in [2.05, 4.69) is 5.32 Å². The van der Waals surface area contributed by atoms with E-state index in [1.807, 2.05) is 0 Å². The molecule has 2 saturated heterocycles. The summed E-state index contributed by atoms with van der Waals surface area (Å²) < 4.78 is 4.96. The molecule has 0 aromatic carbocycles. The predicted octanol–water partition coefficient (Wildman–Crippen LogP) is -0.955. The molecule has 2 aliphatic rings. The van der Waals surface area contributed by atoms with Crippen LogP contribution in [0.2, 0.25) is 0 Å². The molecule has 84 valence electrons. The topological polar surface area (TPSA) is 84.7 Å². The van der Waals surface area contributed by atoms with E-state index in [9.17, 15) is 9.59 Å². The van der Waals surface area contributed by atoms with Crippen LogP contribution >= 0.6 is 0 Å². The Kier molecular flexibility index (Phi) is 2.03. The van der Waals surface area contributed by atoms with E-state index in [4.69, 9.17) is 10.5 Å². The predicted molar refractivity (Wildman–Crippen MR) is 52.1 cm³/mol. The zero-order chi connectivity index (χ0) is 11.3. The molecule has 0 radical (unpaired) electrons. The molecule has 2 heterocycles. The van der Waals surface area contributed by atoms with E-state index in [0.29, 0.717) is 0 Å². The number of rotatable bonds is 2. The van der Waals surface area contributed by atoms with Crippen molar-refractivity contribution in [3.8, 4) is 0 Å². The number of carbonyl (C=O) groups is 2. The van der Waals surface area contributed by atoms with Crippen molar-refractivity contribution in [1.82, 2.24) is 10.2 Å². The van der Waals surface area contributed by atoms with Gasteiger partial charge in [-0.25, -0.2) is 4.79 Å². The van der Waals surface area contributed by atoms with E-state index in [1.165, 1.54) is 4.90 Å². The van der Waals surface area contributed by atoms with Crippen molar-refractivity contribution in [2.75, 3.05) is 19.8 Å². The lowest BCUT2D eigenvalue weighted by Gasteiger charge is -2.35. The number of imide groups is 1. The molecule has 0 unspecified atom stereocenters. The van der Waals surface area contributed by atoms with Crippen molar-refractivity contribution in [3.05, 3.63) is 0 Å². The first kappa shape index (κ1) is 10.4. The summed E-state index contributed by atoms with van der Waals surface area (Å²) in [5.41, 5.74) is 4.40. The fraction of sp³-hybridized carbons (Fsp3) is 0.778. The molecule has 0 bridgehead atoms. The monoisotopic (exact) mass is 213 g/mol. The minimum atomic E-state index is -0.803. The number of nitrogens with two attached hydrogens (primary N) is 1. The maximum Gasteiger partial charge on any atom is 0.325 e. The summed E-state index contributed by atoms with van der Waals surface area (Å²) in [7, 11) is 0. The number of urea groups is 1. The van der Waals surface area contributed by atoms with Crippen LogP contribution in [0.15, 0.2) is 0 Å². The van der Waals surface area contributed by atoms with Gasteiger partial charge in [-0.1, -0.05) is 0 Å². The van der Waals surface area contributed by atoms with Crippen LogP contribution in [0.5, 0.6) is 0 Å². The molecule has 0 aromatic heterocycles. The van der Waals surface area contributed by atoms with Crippen LogP contribution in [-0.4, -0.2) is 47.7 Å². The van der Waals surface area contributed by atoms with Gasteiger partial charge in [0, 0.05) is 12.1 Å². The normalized spacial score (nSPS) is 24.3. The van der Waals surface area contributed by atoms with E-state index in [1.54, 1.807) is 13.8 Å². The highest BCUT2D eigenvalue weighted by molar-refractivity contribution is 6.07. The van der Waals surface area contributed by atoms with Crippen molar-refractivity contribution in [1.29, 1.82) is 0 Å². The molecule has 2 rings (SSSR count). The van der Waals surface area contributed by atoms with Gasteiger partial charge in [0.25, 0.3) is 5.91 Å². The molecule has 15 heavy (non-hydrogen) atoms. The quantitative estimate of drug-likeness (QED) is 0.579. The molecule has 0 aromatic rings. The van der Waals surface area contributed by atoms with Gasteiger partial charge in [-0.2, -0.15) is 0 Å². The molecular formula is C9H15N3O3. The second-order valence-corrected chi connectivity index (χ2v) is 4.88. The van der Waals surface area contributed by atoms with Gasteiger partial charge in [0.2, 0.25) is 0 Å². The number of nitrogens with zero attached hydrogens (tertiary/aromatic N) is 1. The zero-order valence-corrected chi connectivity index (χ0v) is 8.87. The highest BCUT2D eigenvalue weighted by Gasteiger charge is 2.56. The van der Waals surface area contributed by atoms with Crippen LogP contribution in [0.25, 0.3) is 0 Å². The van der Waals surface area contributed by atoms with E-state index in [0.717, 1.165) is 0 Å². The van der Waals surface area contributed by atoms with Gasteiger partial charge in [-0.3, -0.25) is 9.69 Å². The molecule has 0 atom stereocenters. The van der Waals surface area contributed by atoms with Crippen molar-refractivity contribution in [2.45, 2.75) is 24.9 Å². The summed E-state index contributed by atoms with van der Waals surface area (Å²) in [6.45, 7) is 4.29. The molecule has 6 heteroatoms. The average molecular weight is 213 g/mol. The summed E-state index contributed by atoms with van der Waals surface area (Å²) in [6.07, 6.45) is 0. The summed E-state index contributed by atoms with van der Waals surface area (Å²) in [6, 6.07) is -0.373. The van der Waals surface area contributed by atoms with E-state index >= 15 is 0 Å². The lowest BCUT2D eigenvalue weighted by atomic mass is 9.97. The number of carbonyl (C=O) groups excluding carboxylic acids is 2. The van der Waals surface area contributed by atoms with Crippen molar-refractivity contribution in [3.63, 3.8) is 0 Å². The molecule has 0 saturated carbocycles. The number of hydrogen-bond acceptors (Lipinski definition) is 4. The lowest BCUT2D eigenvalue weighted by molar-refractivity contribution is -0.148. The maximum atomic E-state index is 11.9. The molecule has 2 aliphatic heterocycles. The zero-order valence-electron chi connectivity index (χ0n) is 8.87. The second kappa shape index (κ2) is 2.93. The summed E-state index contributed by atoms with van der Waals surface area (Å²) in [4.78, 5) is 24.6. The third-order valence-electron chi connectivity index (χ3n) is 2.51. The van der Waals surface area contributed by atoms with Gasteiger partial charge in [0.05, 0.1) is 13.2 Å². The van der Waals surface area contributed by atoms with Crippen LogP contribution in [0.1, 0.15) is 13.8 Å². The Balaban J connectivity index is 2.13. The van der Waals surface area contributed by atoms with Crippen molar-refractivity contribution >= 4 is 11.9 Å². The fourth-order valence-corrected chi connectivity index (χ4v) is 1.73. The molecule has 2 fully saturated rings. The molecule has 3 amide bonds. The highest BCUT2D eigenvalue weighted by Crippen LogP contribution is 2.26. The third-order valence-corrected chi connectivity index (χ3v) is 2.51. The Bertz CT molecular complexity index is 317. The fourth-order valence-electron chi connectivity index (χ4n) is 1.73. The SMILES string of the molecule is CC(C)(N)CN1C(=O)NC2(COC2)C1=O. The first-order valence-corrected chi connectivity index (χ1v) is 4.85. The van der Waals surface area contributed by atoms with Crippen molar-refractivity contribution < 1.29 is 14.3 Å². The number of hydrogen-bond donors (Lipinski definition) is 2. The van der Waals surface area contributed by atoms with Crippen molar-refractivity contribution in [2.24, 2.45) is 5.73 Å². The van der Waals surface area contributed by atoms with Crippen LogP contribution in [0, 0.1) is 0 Å². The van der Waals surface area contributed by atoms with E-state index in [-0.39, 0.29) is 31.7 Å². The minimum absolute atomic E-state index is 0.222. The smallest absolute Gasteiger partial charge is 0.325 e. The van der Waals surface area contributed by atoms with Crippen LogP contribution in [0.3, 0.4) is 0 Å². The molecule has 0 aliphatic carbocycles. The van der Waals surface area contributed by atoms with Gasteiger partial charge in [-0.15, -0.1) is 0 Å². The Morgan fingerprint density at radius 2 is 2.13 bits per heavy atom. The van der Waals surface area contributed by atoms with Gasteiger partial charge < -0.3 is 15.8 Å². The highest BCUT2D eigenvalue weighted by atomic mass is 16.5. The van der Waals surface area contributed by atoms with Crippen LogP contribution < -0.4 is 11.1 Å².